The van der Waals surface area contributed by atoms with E-state index in [4.69, 9.17) is 10.4 Å². The molecule has 0 saturated heterocycles. The molecule has 0 amide bonds. The summed E-state index contributed by atoms with van der Waals surface area (Å²) in [5.74, 6) is 0.900. The van der Waals surface area contributed by atoms with Crippen LogP contribution in [0, 0.1) is 11.3 Å². The van der Waals surface area contributed by atoms with E-state index < -0.39 is 6.10 Å². The van der Waals surface area contributed by atoms with E-state index >= 15 is 0 Å². The molecule has 0 aromatic heterocycles. The van der Waals surface area contributed by atoms with Gasteiger partial charge in [-0.15, -0.1) is 11.8 Å². The number of hydrogen-bond acceptors (Lipinski definition) is 5. The lowest BCUT2D eigenvalue weighted by atomic mass is 10.2. The summed E-state index contributed by atoms with van der Waals surface area (Å²) in [7, 11) is 0. The molecule has 92 valence electrons. The summed E-state index contributed by atoms with van der Waals surface area (Å²) in [6.07, 6.45) is -0.816. The maximum Gasteiger partial charge on any atom is 0.102 e. The highest BCUT2D eigenvalue weighted by molar-refractivity contribution is 7.99. The lowest BCUT2D eigenvalue weighted by Crippen LogP contribution is -2.23. The Morgan fingerprint density at radius 2 is 2.29 bits per heavy atom. The SMILES string of the molecule is CCSc1cccc(NCC(O)CO)c1C#N. The number of anilines is 1. The first kappa shape index (κ1) is 13.8. The van der Waals surface area contributed by atoms with E-state index in [0.29, 0.717) is 11.3 Å². The van der Waals surface area contributed by atoms with Crippen LogP contribution in [0.1, 0.15) is 12.5 Å². The molecule has 17 heavy (non-hydrogen) atoms. The number of nitriles is 1. The standard InChI is InChI=1S/C12H16N2O2S/c1-2-17-12-5-3-4-11(10(12)6-13)14-7-9(16)8-15/h3-5,9,14-16H,2,7-8H2,1H3. The second kappa shape index (κ2) is 7.17. The first-order chi connectivity index (χ1) is 8.22. The normalized spacial score (nSPS) is 11.9. The molecule has 1 aromatic carbocycles. The fourth-order valence-electron chi connectivity index (χ4n) is 1.36. The van der Waals surface area contributed by atoms with Crippen LogP contribution in [0.5, 0.6) is 0 Å². The second-order valence-corrected chi connectivity index (χ2v) is 4.75. The number of thioether (sulfide) groups is 1. The Morgan fingerprint density at radius 1 is 1.53 bits per heavy atom. The zero-order chi connectivity index (χ0) is 12.7. The monoisotopic (exact) mass is 252 g/mol. The van der Waals surface area contributed by atoms with E-state index in [1.54, 1.807) is 17.8 Å². The Balaban J connectivity index is 2.84. The number of nitrogens with zero attached hydrogens (tertiary/aromatic N) is 1. The van der Waals surface area contributed by atoms with Crippen LogP contribution in [0.3, 0.4) is 0 Å². The van der Waals surface area contributed by atoms with Gasteiger partial charge in [-0.2, -0.15) is 5.26 Å². The molecule has 1 unspecified atom stereocenters. The third-order valence-corrected chi connectivity index (χ3v) is 3.12. The largest absolute Gasteiger partial charge is 0.394 e. The topological polar surface area (TPSA) is 76.3 Å². The molecule has 4 nitrogen and oxygen atoms in total. The van der Waals surface area contributed by atoms with Crippen molar-refractivity contribution in [2.75, 3.05) is 24.2 Å². The van der Waals surface area contributed by atoms with Crippen molar-refractivity contribution in [2.45, 2.75) is 17.9 Å². The smallest absolute Gasteiger partial charge is 0.102 e. The van der Waals surface area contributed by atoms with Crippen molar-refractivity contribution in [2.24, 2.45) is 0 Å². The number of aliphatic hydroxyl groups excluding tert-OH is 2. The Hall–Kier alpha value is -1.22. The fraction of sp³-hybridized carbons (Fsp3) is 0.417. The molecule has 1 rings (SSSR count). The molecule has 0 bridgehead atoms. The van der Waals surface area contributed by atoms with E-state index in [0.717, 1.165) is 10.6 Å². The Morgan fingerprint density at radius 3 is 2.88 bits per heavy atom. The lowest BCUT2D eigenvalue weighted by molar-refractivity contribution is 0.105. The van der Waals surface area contributed by atoms with Crippen LogP contribution in [0.2, 0.25) is 0 Å². The summed E-state index contributed by atoms with van der Waals surface area (Å²) in [5, 5.41) is 30.1. The predicted molar refractivity (Wildman–Crippen MR) is 69.1 cm³/mol. The minimum atomic E-state index is -0.816. The van der Waals surface area contributed by atoms with Crippen LogP contribution < -0.4 is 5.32 Å². The van der Waals surface area contributed by atoms with E-state index in [1.165, 1.54) is 0 Å². The summed E-state index contributed by atoms with van der Waals surface area (Å²) in [6, 6.07) is 7.73. The molecule has 0 aliphatic rings. The molecule has 0 saturated carbocycles. The van der Waals surface area contributed by atoms with Gasteiger partial charge in [0.1, 0.15) is 6.07 Å². The molecule has 3 N–H and O–H groups in total. The van der Waals surface area contributed by atoms with Crippen LogP contribution in [0.4, 0.5) is 5.69 Å². The highest BCUT2D eigenvalue weighted by atomic mass is 32.2. The average molecular weight is 252 g/mol. The summed E-state index contributed by atoms with van der Waals surface area (Å²) in [4.78, 5) is 0.929. The van der Waals surface area contributed by atoms with E-state index in [9.17, 15) is 5.11 Å². The van der Waals surface area contributed by atoms with Crippen LogP contribution in [0.25, 0.3) is 0 Å². The summed E-state index contributed by atoms with van der Waals surface area (Å²) < 4.78 is 0. The molecule has 0 spiro atoms. The van der Waals surface area contributed by atoms with Gasteiger partial charge in [0, 0.05) is 11.4 Å². The third-order valence-electron chi connectivity index (χ3n) is 2.18. The van der Waals surface area contributed by atoms with Gasteiger partial charge in [0.25, 0.3) is 0 Å². The number of nitrogens with one attached hydrogen (secondary N) is 1. The van der Waals surface area contributed by atoms with Gasteiger partial charge in [-0.3, -0.25) is 0 Å². The first-order valence-electron chi connectivity index (χ1n) is 5.41. The molecular formula is C12H16N2O2S. The second-order valence-electron chi connectivity index (χ2n) is 3.44. The van der Waals surface area contributed by atoms with Crippen LogP contribution in [0.15, 0.2) is 23.1 Å². The number of aliphatic hydroxyl groups is 2. The summed E-state index contributed by atoms with van der Waals surface area (Å²) >= 11 is 1.61. The molecule has 0 heterocycles. The van der Waals surface area contributed by atoms with E-state index in [2.05, 4.69) is 11.4 Å². The predicted octanol–water partition coefficient (Wildman–Crippen LogP) is 1.44. The van der Waals surface area contributed by atoms with Gasteiger partial charge in [-0.05, 0) is 17.9 Å². The first-order valence-corrected chi connectivity index (χ1v) is 6.40. The number of benzene rings is 1. The van der Waals surface area contributed by atoms with Crippen molar-refractivity contribution in [3.63, 3.8) is 0 Å². The molecule has 0 radical (unpaired) electrons. The van der Waals surface area contributed by atoms with Gasteiger partial charge < -0.3 is 15.5 Å². The maximum atomic E-state index is 9.25. The fourth-order valence-corrected chi connectivity index (χ4v) is 2.15. The van der Waals surface area contributed by atoms with E-state index in [1.807, 2.05) is 19.1 Å². The van der Waals surface area contributed by atoms with Gasteiger partial charge in [0.15, 0.2) is 0 Å². The highest BCUT2D eigenvalue weighted by Gasteiger charge is 2.09. The summed E-state index contributed by atoms with van der Waals surface area (Å²) in [5.41, 5.74) is 1.28. The molecular weight excluding hydrogens is 236 g/mol. The van der Waals surface area contributed by atoms with Crippen LogP contribution >= 0.6 is 11.8 Å². The third kappa shape index (κ3) is 3.93. The zero-order valence-corrected chi connectivity index (χ0v) is 10.5. The Kier molecular flexibility index (Phi) is 5.84. The quantitative estimate of drug-likeness (QED) is 0.668. The van der Waals surface area contributed by atoms with Gasteiger partial charge in [-0.25, -0.2) is 0 Å². The van der Waals surface area contributed by atoms with Crippen molar-refractivity contribution in [3.05, 3.63) is 23.8 Å². The van der Waals surface area contributed by atoms with Crippen molar-refractivity contribution in [1.82, 2.24) is 0 Å². The average Bonchev–Trinajstić information content (AvgIpc) is 2.36. The van der Waals surface area contributed by atoms with Gasteiger partial charge in [0.05, 0.1) is 24.0 Å². The van der Waals surface area contributed by atoms with Crippen LogP contribution in [-0.4, -0.2) is 35.2 Å². The highest BCUT2D eigenvalue weighted by Crippen LogP contribution is 2.27. The molecule has 0 aliphatic heterocycles. The van der Waals surface area contributed by atoms with E-state index in [-0.39, 0.29) is 13.2 Å². The Labute approximate surface area is 105 Å². The number of rotatable bonds is 6. The van der Waals surface area contributed by atoms with Gasteiger partial charge in [0.2, 0.25) is 0 Å². The molecule has 1 atom stereocenters. The molecule has 0 fully saturated rings. The Bertz CT molecular complexity index is 404. The molecule has 1 aromatic rings. The molecule has 0 aliphatic carbocycles. The number of hydrogen-bond donors (Lipinski definition) is 3. The minimum absolute atomic E-state index is 0.228. The van der Waals surface area contributed by atoms with Gasteiger partial charge in [-0.1, -0.05) is 13.0 Å². The lowest BCUT2D eigenvalue weighted by Gasteiger charge is -2.13. The van der Waals surface area contributed by atoms with Crippen molar-refractivity contribution in [3.8, 4) is 6.07 Å². The van der Waals surface area contributed by atoms with Gasteiger partial charge >= 0.3 is 0 Å². The summed E-state index contributed by atoms with van der Waals surface area (Å²) in [6.45, 7) is 1.96. The minimum Gasteiger partial charge on any atom is -0.394 e. The van der Waals surface area contributed by atoms with Crippen LogP contribution in [-0.2, 0) is 0 Å². The maximum absolute atomic E-state index is 9.25. The van der Waals surface area contributed by atoms with Crippen molar-refractivity contribution < 1.29 is 10.2 Å². The molecule has 5 heteroatoms. The van der Waals surface area contributed by atoms with Crippen molar-refractivity contribution >= 4 is 17.4 Å². The zero-order valence-electron chi connectivity index (χ0n) is 9.68. The van der Waals surface area contributed by atoms with Crippen molar-refractivity contribution in [1.29, 1.82) is 5.26 Å².